The van der Waals surface area contributed by atoms with Crippen molar-refractivity contribution in [2.75, 3.05) is 0 Å². The van der Waals surface area contributed by atoms with Crippen molar-refractivity contribution in [3.63, 3.8) is 0 Å². The van der Waals surface area contributed by atoms with Crippen LogP contribution in [-0.2, 0) is 13.0 Å². The Labute approximate surface area is 126 Å². The first kappa shape index (κ1) is 15.3. The molecule has 2 rings (SSSR count). The molecule has 2 aromatic rings. The molecule has 0 unspecified atom stereocenters. The number of carbonyl (C=O) groups excluding carboxylic acids is 1. The van der Waals surface area contributed by atoms with Crippen LogP contribution in [0.25, 0.3) is 0 Å². The van der Waals surface area contributed by atoms with Gasteiger partial charge >= 0.3 is 0 Å². The van der Waals surface area contributed by atoms with Gasteiger partial charge in [-0.3, -0.25) is 4.79 Å². The lowest BCUT2D eigenvalue weighted by atomic mass is 9.99. The molecule has 0 saturated heterocycles. The van der Waals surface area contributed by atoms with Crippen molar-refractivity contribution in [2.24, 2.45) is 5.92 Å². The van der Waals surface area contributed by atoms with Gasteiger partial charge in [0.15, 0.2) is 5.78 Å². The smallest absolute Gasteiger partial charge is 0.163 e. The van der Waals surface area contributed by atoms with Gasteiger partial charge in [0.25, 0.3) is 0 Å². The van der Waals surface area contributed by atoms with E-state index in [0.717, 1.165) is 12.0 Å². The summed E-state index contributed by atoms with van der Waals surface area (Å²) in [6, 6.07) is 15.9. The molecule has 0 fully saturated rings. The predicted octanol–water partition coefficient (Wildman–Crippen LogP) is 4.67. The van der Waals surface area contributed by atoms with Gasteiger partial charge in [-0.1, -0.05) is 50.2 Å². The number of benzene rings is 2. The zero-order chi connectivity index (χ0) is 15.2. The molecule has 0 spiro atoms. The minimum atomic E-state index is 0.0451. The average Bonchev–Trinajstić information content (AvgIpc) is 2.46. The molecule has 0 atom stereocenters. The molecule has 0 aromatic heterocycles. The van der Waals surface area contributed by atoms with Crippen molar-refractivity contribution >= 4 is 5.78 Å². The first-order valence-electron chi connectivity index (χ1n) is 7.37. The lowest BCUT2D eigenvalue weighted by molar-refractivity contribution is 0.101. The van der Waals surface area contributed by atoms with Crippen LogP contribution < -0.4 is 4.74 Å². The van der Waals surface area contributed by atoms with E-state index in [4.69, 9.17) is 4.74 Å². The molecule has 2 nitrogen and oxygen atoms in total. The SMILES string of the molecule is CC(=O)c1cc(CC(C)C)ccc1OCc1ccccc1. The topological polar surface area (TPSA) is 26.3 Å². The molecule has 2 heteroatoms. The van der Waals surface area contributed by atoms with Crippen molar-refractivity contribution in [2.45, 2.75) is 33.8 Å². The Balaban J connectivity index is 2.16. The highest BCUT2D eigenvalue weighted by molar-refractivity contribution is 5.97. The molecule has 21 heavy (non-hydrogen) atoms. The average molecular weight is 282 g/mol. The number of rotatable bonds is 6. The van der Waals surface area contributed by atoms with E-state index in [2.05, 4.69) is 13.8 Å². The summed E-state index contributed by atoms with van der Waals surface area (Å²) in [5.41, 5.74) is 2.95. The van der Waals surface area contributed by atoms with Gasteiger partial charge in [-0.15, -0.1) is 0 Å². The largest absolute Gasteiger partial charge is 0.488 e. The highest BCUT2D eigenvalue weighted by Crippen LogP contribution is 2.23. The molecule has 0 aliphatic heterocycles. The standard InChI is InChI=1S/C19H22O2/c1-14(2)11-17-9-10-19(18(12-17)15(3)20)21-13-16-7-5-4-6-8-16/h4-10,12,14H,11,13H2,1-3H3. The zero-order valence-corrected chi connectivity index (χ0v) is 12.9. The van der Waals surface area contributed by atoms with Gasteiger partial charge < -0.3 is 4.74 Å². The summed E-state index contributed by atoms with van der Waals surface area (Å²) < 4.78 is 5.82. The molecule has 110 valence electrons. The van der Waals surface area contributed by atoms with Crippen LogP contribution in [0, 0.1) is 5.92 Å². The lowest BCUT2D eigenvalue weighted by Crippen LogP contribution is -2.04. The number of hydrogen-bond acceptors (Lipinski definition) is 2. The third kappa shape index (κ3) is 4.45. The second kappa shape index (κ2) is 7.07. The van der Waals surface area contributed by atoms with Crippen LogP contribution in [0.2, 0.25) is 0 Å². The van der Waals surface area contributed by atoms with E-state index in [1.54, 1.807) is 6.92 Å². The van der Waals surface area contributed by atoms with Crippen molar-refractivity contribution < 1.29 is 9.53 Å². The summed E-state index contributed by atoms with van der Waals surface area (Å²) in [6.45, 7) is 6.41. The Kier molecular flexibility index (Phi) is 5.15. The molecule has 0 aliphatic carbocycles. The summed E-state index contributed by atoms with van der Waals surface area (Å²) in [5, 5.41) is 0. The van der Waals surface area contributed by atoms with Gasteiger partial charge in [0.2, 0.25) is 0 Å². The van der Waals surface area contributed by atoms with Gasteiger partial charge in [0.1, 0.15) is 12.4 Å². The Morgan fingerprint density at radius 2 is 1.76 bits per heavy atom. The van der Waals surface area contributed by atoms with E-state index >= 15 is 0 Å². The summed E-state index contributed by atoms with van der Waals surface area (Å²) >= 11 is 0. The zero-order valence-electron chi connectivity index (χ0n) is 12.9. The van der Waals surface area contributed by atoms with Crippen LogP contribution >= 0.6 is 0 Å². The fraction of sp³-hybridized carbons (Fsp3) is 0.316. The van der Waals surface area contributed by atoms with Gasteiger partial charge in [-0.25, -0.2) is 0 Å². The van der Waals surface area contributed by atoms with Crippen LogP contribution in [0.1, 0.15) is 42.3 Å². The summed E-state index contributed by atoms with van der Waals surface area (Å²) in [6.07, 6.45) is 0.971. The minimum Gasteiger partial charge on any atom is -0.488 e. The van der Waals surface area contributed by atoms with Gasteiger partial charge in [-0.2, -0.15) is 0 Å². The number of Topliss-reactive ketones (excluding diaryl/α,β-unsaturated/α-hetero) is 1. The lowest BCUT2D eigenvalue weighted by Gasteiger charge is -2.12. The predicted molar refractivity (Wildman–Crippen MR) is 85.8 cm³/mol. The van der Waals surface area contributed by atoms with Crippen LogP contribution in [0.4, 0.5) is 0 Å². The van der Waals surface area contributed by atoms with E-state index in [0.29, 0.717) is 23.8 Å². The second-order valence-electron chi connectivity index (χ2n) is 5.76. The Morgan fingerprint density at radius 1 is 1.05 bits per heavy atom. The maximum Gasteiger partial charge on any atom is 0.163 e. The van der Waals surface area contributed by atoms with E-state index in [9.17, 15) is 4.79 Å². The first-order chi connectivity index (χ1) is 10.1. The fourth-order valence-electron chi connectivity index (χ4n) is 2.31. The number of ketones is 1. The molecule has 0 saturated carbocycles. The fourth-order valence-corrected chi connectivity index (χ4v) is 2.31. The van der Waals surface area contributed by atoms with Gasteiger partial charge in [-0.05, 0) is 42.5 Å². The van der Waals surface area contributed by atoms with Gasteiger partial charge in [0, 0.05) is 0 Å². The third-order valence-corrected chi connectivity index (χ3v) is 3.30. The molecule has 0 amide bonds. The Bertz CT molecular complexity index is 600. The molecule has 0 radical (unpaired) electrons. The van der Waals surface area contributed by atoms with E-state index in [1.165, 1.54) is 5.56 Å². The normalized spacial score (nSPS) is 10.7. The number of hydrogen-bond donors (Lipinski definition) is 0. The van der Waals surface area contributed by atoms with E-state index in [-0.39, 0.29) is 5.78 Å². The molecular formula is C19H22O2. The van der Waals surface area contributed by atoms with Crippen LogP contribution in [0.15, 0.2) is 48.5 Å². The molecule has 0 heterocycles. The van der Waals surface area contributed by atoms with Crippen LogP contribution in [0.5, 0.6) is 5.75 Å². The van der Waals surface area contributed by atoms with Crippen molar-refractivity contribution in [1.29, 1.82) is 0 Å². The molecule has 0 N–H and O–H groups in total. The first-order valence-corrected chi connectivity index (χ1v) is 7.37. The van der Waals surface area contributed by atoms with E-state index in [1.807, 2.05) is 48.5 Å². The number of carbonyl (C=O) groups is 1. The van der Waals surface area contributed by atoms with Crippen LogP contribution in [-0.4, -0.2) is 5.78 Å². The number of ether oxygens (including phenoxy) is 1. The van der Waals surface area contributed by atoms with E-state index < -0.39 is 0 Å². The highest BCUT2D eigenvalue weighted by Gasteiger charge is 2.10. The summed E-state index contributed by atoms with van der Waals surface area (Å²) in [5.74, 6) is 1.28. The van der Waals surface area contributed by atoms with Gasteiger partial charge in [0.05, 0.1) is 5.56 Å². The summed E-state index contributed by atoms with van der Waals surface area (Å²) in [4.78, 5) is 11.8. The maximum absolute atomic E-state index is 11.8. The monoisotopic (exact) mass is 282 g/mol. The molecular weight excluding hydrogens is 260 g/mol. The molecule has 0 bridgehead atoms. The highest BCUT2D eigenvalue weighted by atomic mass is 16.5. The van der Waals surface area contributed by atoms with Crippen molar-refractivity contribution in [1.82, 2.24) is 0 Å². The Hall–Kier alpha value is -2.09. The van der Waals surface area contributed by atoms with Crippen molar-refractivity contribution in [3.8, 4) is 5.75 Å². The Morgan fingerprint density at radius 3 is 2.38 bits per heavy atom. The molecule has 0 aliphatic rings. The van der Waals surface area contributed by atoms with Crippen molar-refractivity contribution in [3.05, 3.63) is 65.2 Å². The van der Waals surface area contributed by atoms with Crippen LogP contribution in [0.3, 0.4) is 0 Å². The summed E-state index contributed by atoms with van der Waals surface area (Å²) in [7, 11) is 0. The quantitative estimate of drug-likeness (QED) is 0.720. The third-order valence-electron chi connectivity index (χ3n) is 3.30. The molecule has 2 aromatic carbocycles. The minimum absolute atomic E-state index is 0.0451. The second-order valence-corrected chi connectivity index (χ2v) is 5.76. The maximum atomic E-state index is 11.8.